The molecule has 0 saturated carbocycles. The van der Waals surface area contributed by atoms with Crippen LogP contribution in [0.1, 0.15) is 30.3 Å². The lowest BCUT2D eigenvalue weighted by molar-refractivity contribution is -0.133. The molecule has 1 rings (SSSR count). The summed E-state index contributed by atoms with van der Waals surface area (Å²) in [6, 6.07) is 2.07. The molecule has 1 unspecified atom stereocenters. The molecule has 0 aliphatic carbocycles. The van der Waals surface area contributed by atoms with Crippen LogP contribution in [0, 0.1) is 24.2 Å². The van der Waals surface area contributed by atoms with E-state index in [0.717, 1.165) is 17.0 Å². The Kier molecular flexibility index (Phi) is 5.11. The summed E-state index contributed by atoms with van der Waals surface area (Å²) >= 11 is 1.54. The van der Waals surface area contributed by atoms with Gasteiger partial charge in [-0.1, -0.05) is 13.3 Å². The van der Waals surface area contributed by atoms with Gasteiger partial charge in [0, 0.05) is 11.9 Å². The molecule has 92 valence electrons. The van der Waals surface area contributed by atoms with Gasteiger partial charge in [-0.2, -0.15) is 5.26 Å². The van der Waals surface area contributed by atoms with Crippen molar-refractivity contribution in [1.29, 1.82) is 5.26 Å². The standard InChI is InChI=1S/C12H17N3OS/c1-4-5-10(6-13)12(16)15(3)7-11-9(2)14-8-17-11/h8,10H,4-5,7H2,1-3H3. The lowest BCUT2D eigenvalue weighted by Crippen LogP contribution is -2.31. The number of thiazole rings is 1. The van der Waals surface area contributed by atoms with E-state index >= 15 is 0 Å². The van der Waals surface area contributed by atoms with Crippen LogP contribution in [0.5, 0.6) is 0 Å². The molecule has 17 heavy (non-hydrogen) atoms. The van der Waals surface area contributed by atoms with Gasteiger partial charge in [0.2, 0.25) is 5.91 Å². The fourth-order valence-corrected chi connectivity index (χ4v) is 2.40. The molecule has 1 aromatic heterocycles. The number of hydrogen-bond acceptors (Lipinski definition) is 4. The van der Waals surface area contributed by atoms with Gasteiger partial charge in [-0.05, 0) is 13.3 Å². The number of carbonyl (C=O) groups is 1. The van der Waals surface area contributed by atoms with Crippen molar-refractivity contribution in [2.75, 3.05) is 7.05 Å². The predicted octanol–water partition coefficient (Wildman–Crippen LogP) is 2.35. The Morgan fingerprint density at radius 1 is 1.71 bits per heavy atom. The molecule has 0 aromatic carbocycles. The topological polar surface area (TPSA) is 57.0 Å². The number of aryl methyl sites for hydroxylation is 1. The second kappa shape index (κ2) is 6.36. The first-order valence-electron chi connectivity index (χ1n) is 5.63. The van der Waals surface area contributed by atoms with Gasteiger partial charge >= 0.3 is 0 Å². The van der Waals surface area contributed by atoms with Crippen LogP contribution in [0.15, 0.2) is 5.51 Å². The third-order valence-electron chi connectivity index (χ3n) is 2.63. The molecule has 1 atom stereocenters. The van der Waals surface area contributed by atoms with Gasteiger partial charge in [-0.3, -0.25) is 4.79 Å². The second-order valence-corrected chi connectivity index (χ2v) is 4.96. The Bertz CT molecular complexity index is 422. The fourth-order valence-electron chi connectivity index (χ4n) is 1.57. The molecule has 0 spiro atoms. The molecule has 0 saturated heterocycles. The molecule has 0 aliphatic heterocycles. The molecular formula is C12H17N3OS. The monoisotopic (exact) mass is 251 g/mol. The Balaban J connectivity index is 2.64. The van der Waals surface area contributed by atoms with Gasteiger partial charge in [-0.25, -0.2) is 4.98 Å². The summed E-state index contributed by atoms with van der Waals surface area (Å²) in [6.07, 6.45) is 1.47. The molecule has 0 radical (unpaired) electrons. The SMILES string of the molecule is CCCC(C#N)C(=O)N(C)Cc1scnc1C. The molecule has 1 heterocycles. The summed E-state index contributed by atoms with van der Waals surface area (Å²) in [4.78, 5) is 18.8. The number of carbonyl (C=O) groups excluding carboxylic acids is 1. The number of aromatic nitrogens is 1. The predicted molar refractivity (Wildman–Crippen MR) is 67.3 cm³/mol. The molecule has 4 nitrogen and oxygen atoms in total. The Hall–Kier alpha value is -1.41. The van der Waals surface area contributed by atoms with E-state index in [4.69, 9.17) is 5.26 Å². The summed E-state index contributed by atoms with van der Waals surface area (Å²) in [7, 11) is 1.74. The molecule has 0 aliphatic rings. The zero-order valence-electron chi connectivity index (χ0n) is 10.4. The Labute approximate surface area is 106 Å². The maximum absolute atomic E-state index is 12.0. The largest absolute Gasteiger partial charge is 0.339 e. The van der Waals surface area contributed by atoms with Crippen molar-refractivity contribution in [3.8, 4) is 6.07 Å². The van der Waals surface area contributed by atoms with E-state index in [0.29, 0.717) is 13.0 Å². The average Bonchev–Trinajstić information content (AvgIpc) is 2.71. The summed E-state index contributed by atoms with van der Waals surface area (Å²) in [5.41, 5.74) is 2.73. The average molecular weight is 251 g/mol. The minimum atomic E-state index is -0.516. The fraction of sp³-hybridized carbons (Fsp3) is 0.583. The van der Waals surface area contributed by atoms with Crippen molar-refractivity contribution < 1.29 is 4.79 Å². The van der Waals surface area contributed by atoms with Gasteiger partial charge in [0.25, 0.3) is 0 Å². The zero-order valence-corrected chi connectivity index (χ0v) is 11.3. The first-order chi connectivity index (χ1) is 8.10. The van der Waals surface area contributed by atoms with E-state index in [2.05, 4.69) is 11.1 Å². The van der Waals surface area contributed by atoms with Crippen LogP contribution >= 0.6 is 11.3 Å². The van der Waals surface area contributed by atoms with Gasteiger partial charge in [0.15, 0.2) is 0 Å². The summed E-state index contributed by atoms with van der Waals surface area (Å²) in [5, 5.41) is 8.95. The van der Waals surface area contributed by atoms with E-state index in [-0.39, 0.29) is 5.91 Å². The first-order valence-corrected chi connectivity index (χ1v) is 6.51. The maximum atomic E-state index is 12.0. The van der Waals surface area contributed by atoms with Crippen molar-refractivity contribution in [1.82, 2.24) is 9.88 Å². The number of nitriles is 1. The summed E-state index contributed by atoms with van der Waals surface area (Å²) in [5.74, 6) is -0.611. The molecule has 0 bridgehead atoms. The van der Waals surface area contributed by atoms with E-state index < -0.39 is 5.92 Å². The molecule has 1 amide bonds. The van der Waals surface area contributed by atoms with Gasteiger partial charge in [0.05, 0.1) is 23.8 Å². The lowest BCUT2D eigenvalue weighted by atomic mass is 10.0. The number of nitrogens with zero attached hydrogens (tertiary/aromatic N) is 3. The quantitative estimate of drug-likeness (QED) is 0.807. The van der Waals surface area contributed by atoms with Crippen LogP contribution in [0.25, 0.3) is 0 Å². The van der Waals surface area contributed by atoms with Crippen LogP contribution in [0.4, 0.5) is 0 Å². The summed E-state index contributed by atoms with van der Waals surface area (Å²) < 4.78 is 0. The highest BCUT2D eigenvalue weighted by Crippen LogP contribution is 2.16. The van der Waals surface area contributed by atoms with E-state index in [1.807, 2.05) is 13.8 Å². The number of hydrogen-bond donors (Lipinski definition) is 0. The van der Waals surface area contributed by atoms with Gasteiger partial charge in [0.1, 0.15) is 5.92 Å². The molecular weight excluding hydrogens is 234 g/mol. The van der Waals surface area contributed by atoms with Crippen molar-refractivity contribution in [3.63, 3.8) is 0 Å². The maximum Gasteiger partial charge on any atom is 0.239 e. The minimum Gasteiger partial charge on any atom is -0.339 e. The third-order valence-corrected chi connectivity index (χ3v) is 3.55. The smallest absolute Gasteiger partial charge is 0.239 e. The molecule has 0 fully saturated rings. The normalized spacial score (nSPS) is 11.9. The van der Waals surface area contributed by atoms with E-state index in [1.165, 1.54) is 0 Å². The van der Waals surface area contributed by atoms with Gasteiger partial charge in [-0.15, -0.1) is 11.3 Å². The highest BCUT2D eigenvalue weighted by Gasteiger charge is 2.21. The summed E-state index contributed by atoms with van der Waals surface area (Å²) in [6.45, 7) is 4.44. The lowest BCUT2D eigenvalue weighted by Gasteiger charge is -2.19. The number of rotatable bonds is 5. The number of amides is 1. The Morgan fingerprint density at radius 2 is 2.41 bits per heavy atom. The Morgan fingerprint density at radius 3 is 2.88 bits per heavy atom. The van der Waals surface area contributed by atoms with Crippen molar-refractivity contribution in [2.24, 2.45) is 5.92 Å². The molecule has 0 N–H and O–H groups in total. The highest BCUT2D eigenvalue weighted by molar-refractivity contribution is 7.09. The van der Waals surface area contributed by atoms with Crippen LogP contribution in [0.3, 0.4) is 0 Å². The highest BCUT2D eigenvalue weighted by atomic mass is 32.1. The minimum absolute atomic E-state index is 0.0952. The third kappa shape index (κ3) is 3.53. The van der Waals surface area contributed by atoms with E-state index in [1.54, 1.807) is 28.8 Å². The van der Waals surface area contributed by atoms with Crippen LogP contribution in [-0.4, -0.2) is 22.8 Å². The molecule has 1 aromatic rings. The first kappa shape index (κ1) is 13.7. The van der Waals surface area contributed by atoms with Gasteiger partial charge < -0.3 is 4.90 Å². The zero-order chi connectivity index (χ0) is 12.8. The van der Waals surface area contributed by atoms with Crippen LogP contribution < -0.4 is 0 Å². The van der Waals surface area contributed by atoms with Crippen molar-refractivity contribution in [2.45, 2.75) is 33.2 Å². The van der Waals surface area contributed by atoms with Crippen LogP contribution in [0.2, 0.25) is 0 Å². The van der Waals surface area contributed by atoms with E-state index in [9.17, 15) is 4.79 Å². The molecule has 5 heteroatoms. The van der Waals surface area contributed by atoms with Crippen molar-refractivity contribution in [3.05, 3.63) is 16.1 Å². The second-order valence-electron chi connectivity index (χ2n) is 4.03. The van der Waals surface area contributed by atoms with Crippen molar-refractivity contribution >= 4 is 17.2 Å². The van der Waals surface area contributed by atoms with Crippen LogP contribution in [-0.2, 0) is 11.3 Å².